The third-order valence-corrected chi connectivity index (χ3v) is 2.57. The summed E-state index contributed by atoms with van der Waals surface area (Å²) in [5.41, 5.74) is 5.42. The van der Waals surface area contributed by atoms with Gasteiger partial charge in [-0.05, 0) is 5.92 Å². The van der Waals surface area contributed by atoms with Crippen LogP contribution in [0, 0.1) is 5.92 Å². The molecule has 1 aromatic rings. The molecule has 0 radical (unpaired) electrons. The monoisotopic (exact) mass is 298 g/mol. The minimum atomic E-state index is -1.04. The van der Waals surface area contributed by atoms with Crippen LogP contribution in [0.3, 0.4) is 0 Å². The van der Waals surface area contributed by atoms with Crippen molar-refractivity contribution in [2.75, 3.05) is 0 Å². The summed E-state index contributed by atoms with van der Waals surface area (Å²) in [4.78, 5) is 33.3. The predicted molar refractivity (Wildman–Crippen MR) is 70.8 cm³/mol. The van der Waals surface area contributed by atoms with Gasteiger partial charge in [-0.3, -0.25) is 9.59 Å². The highest BCUT2D eigenvalue weighted by atomic mass is 16.4. The summed E-state index contributed by atoms with van der Waals surface area (Å²) in [5.74, 6) is -1.59. The number of nitrogens with zero attached hydrogens (tertiary/aromatic N) is 3. The van der Waals surface area contributed by atoms with E-state index in [0.717, 1.165) is 4.68 Å². The summed E-state index contributed by atoms with van der Waals surface area (Å²) < 4.78 is 1.14. The Labute approximate surface area is 120 Å². The van der Waals surface area contributed by atoms with Gasteiger partial charge in [0.1, 0.15) is 18.3 Å². The summed E-state index contributed by atoms with van der Waals surface area (Å²) in [6.45, 7) is 3.30. The molecule has 0 aliphatic carbocycles. The van der Waals surface area contributed by atoms with Gasteiger partial charge in [-0.2, -0.15) is 0 Å². The van der Waals surface area contributed by atoms with Crippen molar-refractivity contribution in [3.8, 4) is 0 Å². The van der Waals surface area contributed by atoms with E-state index in [1.807, 2.05) is 0 Å². The quantitative estimate of drug-likeness (QED) is 0.489. The number of carboxylic acid groups (broad SMARTS) is 1. The summed E-state index contributed by atoms with van der Waals surface area (Å²) in [7, 11) is 0. The maximum absolute atomic E-state index is 11.9. The van der Waals surface area contributed by atoms with Gasteiger partial charge in [0.2, 0.25) is 5.91 Å². The van der Waals surface area contributed by atoms with E-state index in [-0.39, 0.29) is 19.0 Å². The van der Waals surface area contributed by atoms with Gasteiger partial charge >= 0.3 is 12.0 Å². The smallest absolute Gasteiger partial charge is 0.325 e. The predicted octanol–water partition coefficient (Wildman–Crippen LogP) is -1.33. The maximum atomic E-state index is 11.9. The summed E-state index contributed by atoms with van der Waals surface area (Å²) in [6.07, 6.45) is 1.42. The van der Waals surface area contributed by atoms with Crippen molar-refractivity contribution in [3.05, 3.63) is 11.9 Å². The number of rotatable bonds is 7. The lowest BCUT2D eigenvalue weighted by molar-refractivity contribution is -0.138. The molecule has 0 aliphatic rings. The fourth-order valence-electron chi connectivity index (χ4n) is 1.61. The fraction of sp³-hybridized carbons (Fsp3) is 0.545. The number of nitrogens with two attached hydrogens (primary N) is 1. The second-order valence-corrected chi connectivity index (χ2v) is 4.75. The lowest BCUT2D eigenvalue weighted by atomic mass is 10.0. The van der Waals surface area contributed by atoms with Crippen molar-refractivity contribution < 1.29 is 19.5 Å². The Morgan fingerprint density at radius 3 is 2.62 bits per heavy atom. The SMILES string of the molecule is CC(C)C(NC(N)=O)C(=O)NCc1cn(CC(=O)O)nn1. The number of carbonyl (C=O) groups is 3. The first-order chi connectivity index (χ1) is 9.79. The first-order valence-electron chi connectivity index (χ1n) is 6.24. The lowest BCUT2D eigenvalue weighted by Crippen LogP contribution is -2.51. The third-order valence-electron chi connectivity index (χ3n) is 2.57. The first kappa shape index (κ1) is 16.4. The highest BCUT2D eigenvalue weighted by Gasteiger charge is 2.23. The number of nitrogens with one attached hydrogen (secondary N) is 2. The van der Waals surface area contributed by atoms with Crippen molar-refractivity contribution >= 4 is 17.9 Å². The van der Waals surface area contributed by atoms with Gasteiger partial charge in [-0.25, -0.2) is 9.48 Å². The molecule has 1 atom stereocenters. The molecule has 10 heteroatoms. The molecule has 0 bridgehead atoms. The molecule has 3 amide bonds. The largest absolute Gasteiger partial charge is 0.480 e. The average molecular weight is 298 g/mol. The van der Waals surface area contributed by atoms with Crippen molar-refractivity contribution in [1.29, 1.82) is 0 Å². The van der Waals surface area contributed by atoms with E-state index in [4.69, 9.17) is 10.8 Å². The van der Waals surface area contributed by atoms with Crippen LogP contribution in [0.5, 0.6) is 0 Å². The number of carboxylic acids is 1. The molecule has 0 fully saturated rings. The molecule has 21 heavy (non-hydrogen) atoms. The molecule has 1 aromatic heterocycles. The molecule has 116 valence electrons. The molecular formula is C11H18N6O4. The molecule has 0 saturated heterocycles. The van der Waals surface area contributed by atoms with Gasteiger partial charge in [0, 0.05) is 0 Å². The zero-order valence-electron chi connectivity index (χ0n) is 11.7. The fourth-order valence-corrected chi connectivity index (χ4v) is 1.61. The van der Waals surface area contributed by atoms with E-state index in [2.05, 4.69) is 20.9 Å². The second kappa shape index (κ2) is 7.22. The molecule has 0 aromatic carbocycles. The average Bonchev–Trinajstić information content (AvgIpc) is 2.79. The molecule has 10 nitrogen and oxygen atoms in total. The van der Waals surface area contributed by atoms with Crippen LogP contribution in [-0.4, -0.2) is 44.0 Å². The summed E-state index contributed by atoms with van der Waals surface area (Å²) in [5, 5.41) is 20.9. The van der Waals surface area contributed by atoms with Crippen molar-refractivity contribution in [1.82, 2.24) is 25.6 Å². The Bertz CT molecular complexity index is 527. The first-order valence-corrected chi connectivity index (χ1v) is 6.24. The molecule has 1 unspecified atom stereocenters. The Kier molecular flexibility index (Phi) is 5.64. The third kappa shape index (κ3) is 5.47. The Balaban J connectivity index is 2.56. The number of amides is 3. The van der Waals surface area contributed by atoms with E-state index in [9.17, 15) is 14.4 Å². The lowest BCUT2D eigenvalue weighted by Gasteiger charge is -2.20. The van der Waals surface area contributed by atoms with Crippen molar-refractivity contribution in [2.45, 2.75) is 33.0 Å². The normalized spacial score (nSPS) is 12.0. The van der Waals surface area contributed by atoms with E-state index < -0.39 is 23.9 Å². The van der Waals surface area contributed by atoms with Crippen LogP contribution in [0.4, 0.5) is 4.79 Å². The van der Waals surface area contributed by atoms with Crippen molar-refractivity contribution in [3.63, 3.8) is 0 Å². The molecule has 0 saturated carbocycles. The number of hydrogen-bond donors (Lipinski definition) is 4. The van der Waals surface area contributed by atoms with Gasteiger partial charge in [-0.1, -0.05) is 19.1 Å². The molecule has 0 spiro atoms. The minimum absolute atomic E-state index is 0.0715. The maximum Gasteiger partial charge on any atom is 0.325 e. The summed E-state index contributed by atoms with van der Waals surface area (Å²) >= 11 is 0. The zero-order chi connectivity index (χ0) is 16.0. The number of urea groups is 1. The Morgan fingerprint density at radius 1 is 1.43 bits per heavy atom. The highest BCUT2D eigenvalue weighted by Crippen LogP contribution is 2.02. The number of aliphatic carboxylic acids is 1. The second-order valence-electron chi connectivity index (χ2n) is 4.75. The van der Waals surface area contributed by atoms with Gasteiger partial charge in [0.05, 0.1) is 12.7 Å². The number of primary amides is 1. The van der Waals surface area contributed by atoms with E-state index in [1.54, 1.807) is 13.8 Å². The molecule has 0 aliphatic heterocycles. The van der Waals surface area contributed by atoms with Gasteiger partial charge < -0.3 is 21.5 Å². The van der Waals surface area contributed by atoms with Crippen LogP contribution in [0.15, 0.2) is 6.20 Å². The van der Waals surface area contributed by atoms with Crippen molar-refractivity contribution in [2.24, 2.45) is 11.7 Å². The van der Waals surface area contributed by atoms with Crippen LogP contribution >= 0.6 is 0 Å². The van der Waals surface area contributed by atoms with Crippen LogP contribution in [-0.2, 0) is 22.7 Å². The Hall–Kier alpha value is -2.65. The molecule has 1 heterocycles. The standard InChI is InChI=1S/C11H18N6O4/c1-6(2)9(14-11(12)21)10(20)13-3-7-4-17(16-15-7)5-8(18)19/h4,6,9H,3,5H2,1-2H3,(H,13,20)(H,18,19)(H3,12,14,21). The van der Waals surface area contributed by atoms with E-state index in [1.165, 1.54) is 6.20 Å². The zero-order valence-corrected chi connectivity index (χ0v) is 11.7. The van der Waals surface area contributed by atoms with E-state index >= 15 is 0 Å². The molecule has 1 rings (SSSR count). The van der Waals surface area contributed by atoms with E-state index in [0.29, 0.717) is 5.69 Å². The minimum Gasteiger partial charge on any atom is -0.480 e. The molecule has 5 N–H and O–H groups in total. The highest BCUT2D eigenvalue weighted by molar-refractivity contribution is 5.86. The number of aromatic nitrogens is 3. The topological polar surface area (TPSA) is 152 Å². The van der Waals surface area contributed by atoms with Gasteiger partial charge in [0.15, 0.2) is 0 Å². The van der Waals surface area contributed by atoms with Gasteiger partial charge in [-0.15, -0.1) is 5.10 Å². The van der Waals surface area contributed by atoms with Crippen LogP contribution in [0.1, 0.15) is 19.5 Å². The number of carbonyl (C=O) groups excluding carboxylic acids is 2. The molecular weight excluding hydrogens is 280 g/mol. The Morgan fingerprint density at radius 2 is 2.10 bits per heavy atom. The van der Waals surface area contributed by atoms with Crippen LogP contribution < -0.4 is 16.4 Å². The van der Waals surface area contributed by atoms with Crippen LogP contribution in [0.25, 0.3) is 0 Å². The summed E-state index contributed by atoms with van der Waals surface area (Å²) in [6, 6.07) is -1.53. The van der Waals surface area contributed by atoms with Crippen LogP contribution in [0.2, 0.25) is 0 Å². The van der Waals surface area contributed by atoms with Gasteiger partial charge in [0.25, 0.3) is 0 Å². The number of hydrogen-bond acceptors (Lipinski definition) is 5.